The zero-order valence-corrected chi connectivity index (χ0v) is 16.3. The maximum atomic E-state index is 13.1. The summed E-state index contributed by atoms with van der Waals surface area (Å²) in [6.07, 6.45) is -4.30. The Balaban J connectivity index is 1.54. The molecule has 3 aromatic rings. The van der Waals surface area contributed by atoms with Gasteiger partial charge in [0, 0.05) is 17.9 Å². The number of nitrogens with one attached hydrogen (secondary N) is 3. The molecule has 2 heterocycles. The van der Waals surface area contributed by atoms with Gasteiger partial charge in [-0.3, -0.25) is 4.79 Å². The topological polar surface area (TPSA) is 101 Å². The number of anilines is 4. The minimum Gasteiger partial charge on any atom is -0.454 e. The Morgan fingerprint density at radius 1 is 1.03 bits per heavy atom. The first-order valence-electron chi connectivity index (χ1n) is 9.37. The lowest BCUT2D eigenvalue weighted by atomic mass is 10.1. The second-order valence-electron chi connectivity index (χ2n) is 6.87. The van der Waals surface area contributed by atoms with Crippen molar-refractivity contribution in [2.24, 2.45) is 0 Å². The molecule has 0 saturated heterocycles. The predicted molar refractivity (Wildman–Crippen MR) is 107 cm³/mol. The van der Waals surface area contributed by atoms with Gasteiger partial charge in [0.05, 0.1) is 6.42 Å². The molecule has 166 valence electrons. The van der Waals surface area contributed by atoms with E-state index in [-0.39, 0.29) is 30.8 Å². The molecule has 32 heavy (non-hydrogen) atoms. The minimum atomic E-state index is -4.57. The van der Waals surface area contributed by atoms with Crippen LogP contribution in [0.5, 0.6) is 6.01 Å². The van der Waals surface area contributed by atoms with Crippen molar-refractivity contribution in [1.82, 2.24) is 15.0 Å². The second kappa shape index (κ2) is 8.65. The Morgan fingerprint density at radius 3 is 2.53 bits per heavy atom. The molecule has 0 aliphatic carbocycles. The van der Waals surface area contributed by atoms with Crippen LogP contribution in [0.3, 0.4) is 0 Å². The molecule has 12 heteroatoms. The molecule has 0 spiro atoms. The first-order valence-corrected chi connectivity index (χ1v) is 9.37. The molecule has 3 N–H and O–H groups in total. The Labute approximate surface area is 179 Å². The number of benzene rings is 2. The standard InChI is InChI=1S/C20H16F4N6O2/c21-13-4-1-11(2-5-13)9-25-17-28-18(30-19(29-17)32-10-20(22,23)24)26-14-6-3-12-7-16(31)27-15(12)8-14/h1-6,8H,7,9-10H2,(H,27,31)(H2,25,26,28,29,30). The van der Waals surface area contributed by atoms with Gasteiger partial charge in [0.2, 0.25) is 17.8 Å². The highest BCUT2D eigenvalue weighted by molar-refractivity contribution is 5.99. The lowest BCUT2D eigenvalue weighted by molar-refractivity contribution is -0.154. The van der Waals surface area contributed by atoms with Gasteiger partial charge in [-0.15, -0.1) is 0 Å². The van der Waals surface area contributed by atoms with Crippen LogP contribution in [0.2, 0.25) is 0 Å². The molecule has 0 fully saturated rings. The summed E-state index contributed by atoms with van der Waals surface area (Å²) in [6.45, 7) is -1.38. The van der Waals surface area contributed by atoms with Gasteiger partial charge in [-0.25, -0.2) is 4.39 Å². The third-order valence-electron chi connectivity index (χ3n) is 4.33. The fraction of sp³-hybridized carbons (Fsp3) is 0.200. The number of hydrogen-bond donors (Lipinski definition) is 3. The van der Waals surface area contributed by atoms with Crippen molar-refractivity contribution in [3.05, 3.63) is 59.4 Å². The number of aromatic nitrogens is 3. The number of halogens is 4. The van der Waals surface area contributed by atoms with Crippen molar-refractivity contribution in [3.63, 3.8) is 0 Å². The molecule has 0 saturated carbocycles. The van der Waals surface area contributed by atoms with E-state index in [1.54, 1.807) is 30.3 Å². The van der Waals surface area contributed by atoms with Gasteiger partial charge in [0.25, 0.3) is 0 Å². The molecular formula is C20H16F4N6O2. The van der Waals surface area contributed by atoms with Gasteiger partial charge in [0.1, 0.15) is 5.82 Å². The first-order chi connectivity index (χ1) is 15.2. The molecule has 1 aliphatic rings. The largest absolute Gasteiger partial charge is 0.454 e. The van der Waals surface area contributed by atoms with Gasteiger partial charge in [-0.05, 0) is 35.4 Å². The lowest BCUT2D eigenvalue weighted by Crippen LogP contribution is -2.21. The van der Waals surface area contributed by atoms with E-state index in [0.717, 1.165) is 5.56 Å². The highest BCUT2D eigenvalue weighted by Crippen LogP contribution is 2.28. The van der Waals surface area contributed by atoms with Crippen LogP contribution in [0.15, 0.2) is 42.5 Å². The summed E-state index contributed by atoms with van der Waals surface area (Å²) >= 11 is 0. The number of fused-ring (bicyclic) bond motifs is 1. The second-order valence-corrected chi connectivity index (χ2v) is 6.87. The summed E-state index contributed by atoms with van der Waals surface area (Å²) < 4.78 is 55.4. The molecule has 0 radical (unpaired) electrons. The Hall–Kier alpha value is -3.96. The van der Waals surface area contributed by atoms with E-state index in [0.29, 0.717) is 16.9 Å². The van der Waals surface area contributed by atoms with Crippen LogP contribution < -0.4 is 20.7 Å². The van der Waals surface area contributed by atoms with E-state index >= 15 is 0 Å². The van der Waals surface area contributed by atoms with Gasteiger partial charge in [-0.1, -0.05) is 18.2 Å². The van der Waals surface area contributed by atoms with Crippen LogP contribution in [0.25, 0.3) is 0 Å². The number of alkyl halides is 3. The average molecular weight is 448 g/mol. The van der Waals surface area contributed by atoms with Crippen LogP contribution >= 0.6 is 0 Å². The molecule has 1 aromatic heterocycles. The molecular weight excluding hydrogens is 432 g/mol. The highest BCUT2D eigenvalue weighted by atomic mass is 19.4. The molecule has 2 aromatic carbocycles. The summed E-state index contributed by atoms with van der Waals surface area (Å²) in [5.41, 5.74) is 2.65. The SMILES string of the molecule is O=C1Cc2ccc(Nc3nc(NCc4ccc(F)cc4)nc(OCC(F)(F)F)n3)cc2N1. The Morgan fingerprint density at radius 2 is 1.78 bits per heavy atom. The maximum Gasteiger partial charge on any atom is 0.422 e. The van der Waals surface area contributed by atoms with E-state index in [9.17, 15) is 22.4 Å². The number of nitrogens with zero attached hydrogens (tertiary/aromatic N) is 3. The van der Waals surface area contributed by atoms with E-state index in [1.165, 1.54) is 12.1 Å². The van der Waals surface area contributed by atoms with Gasteiger partial charge >= 0.3 is 12.2 Å². The molecule has 0 bridgehead atoms. The molecule has 1 aliphatic heterocycles. The van der Waals surface area contributed by atoms with E-state index in [1.807, 2.05) is 0 Å². The quantitative estimate of drug-likeness (QED) is 0.473. The van der Waals surface area contributed by atoms with Crippen molar-refractivity contribution in [3.8, 4) is 6.01 Å². The number of carbonyl (C=O) groups is 1. The predicted octanol–water partition coefficient (Wildman–Crippen LogP) is 3.80. The highest BCUT2D eigenvalue weighted by Gasteiger charge is 2.29. The van der Waals surface area contributed by atoms with E-state index < -0.39 is 24.6 Å². The van der Waals surface area contributed by atoms with Crippen molar-refractivity contribution < 1.29 is 27.1 Å². The maximum absolute atomic E-state index is 13.1. The summed E-state index contributed by atoms with van der Waals surface area (Å²) in [6, 6.07) is 10.2. The van der Waals surface area contributed by atoms with Crippen LogP contribution in [0.1, 0.15) is 11.1 Å². The first kappa shape index (κ1) is 21.3. The van der Waals surface area contributed by atoms with E-state index in [2.05, 4.69) is 35.6 Å². The van der Waals surface area contributed by atoms with Gasteiger partial charge < -0.3 is 20.7 Å². The lowest BCUT2D eigenvalue weighted by Gasteiger charge is -2.12. The smallest absolute Gasteiger partial charge is 0.422 e. The van der Waals surface area contributed by atoms with Crippen LogP contribution in [-0.2, 0) is 17.8 Å². The molecule has 1 amide bonds. The van der Waals surface area contributed by atoms with Crippen molar-refractivity contribution in [1.29, 1.82) is 0 Å². The third kappa shape index (κ3) is 5.59. The van der Waals surface area contributed by atoms with Gasteiger partial charge in [0.15, 0.2) is 6.61 Å². The van der Waals surface area contributed by atoms with Crippen LogP contribution in [0, 0.1) is 5.82 Å². The monoisotopic (exact) mass is 448 g/mol. The van der Waals surface area contributed by atoms with Crippen LogP contribution in [0.4, 0.5) is 40.8 Å². The number of ether oxygens (including phenoxy) is 1. The molecule has 0 atom stereocenters. The fourth-order valence-electron chi connectivity index (χ4n) is 2.91. The number of rotatable bonds is 7. The van der Waals surface area contributed by atoms with Crippen LogP contribution in [-0.4, -0.2) is 33.6 Å². The summed E-state index contributed by atoms with van der Waals surface area (Å²) in [7, 11) is 0. The van der Waals surface area contributed by atoms with Gasteiger partial charge in [-0.2, -0.15) is 28.1 Å². The molecule has 8 nitrogen and oxygen atoms in total. The summed E-state index contributed by atoms with van der Waals surface area (Å²) in [5.74, 6) is -0.636. The Bertz CT molecular complexity index is 1140. The molecule has 4 rings (SSSR count). The number of amides is 1. The normalized spacial score (nSPS) is 12.8. The zero-order valence-electron chi connectivity index (χ0n) is 16.3. The number of carbonyl (C=O) groups excluding carboxylic acids is 1. The molecule has 0 unspecified atom stereocenters. The average Bonchev–Trinajstić information content (AvgIpc) is 3.10. The van der Waals surface area contributed by atoms with Crippen molar-refractivity contribution in [2.45, 2.75) is 19.1 Å². The number of hydrogen-bond acceptors (Lipinski definition) is 7. The zero-order chi connectivity index (χ0) is 22.7. The van der Waals surface area contributed by atoms with Crippen molar-refractivity contribution >= 4 is 29.2 Å². The summed E-state index contributed by atoms with van der Waals surface area (Å²) in [4.78, 5) is 23.4. The summed E-state index contributed by atoms with van der Waals surface area (Å²) in [5, 5.41) is 8.42. The minimum absolute atomic E-state index is 0.0431. The van der Waals surface area contributed by atoms with Crippen molar-refractivity contribution in [2.75, 3.05) is 22.6 Å². The van der Waals surface area contributed by atoms with E-state index in [4.69, 9.17) is 0 Å². The fourth-order valence-corrected chi connectivity index (χ4v) is 2.91. The Kier molecular flexibility index (Phi) is 5.75. The third-order valence-corrected chi connectivity index (χ3v) is 4.33.